The van der Waals surface area contributed by atoms with Crippen molar-refractivity contribution in [2.45, 2.75) is 13.8 Å². The number of hydrogen-bond donors (Lipinski definition) is 1. The van der Waals surface area contributed by atoms with Gasteiger partial charge in [0.05, 0.1) is 5.56 Å². The molecular formula is C17H16O5. The average molecular weight is 300 g/mol. The maximum absolute atomic E-state index is 11.7. The van der Waals surface area contributed by atoms with Crippen molar-refractivity contribution >= 4 is 11.9 Å². The summed E-state index contributed by atoms with van der Waals surface area (Å²) in [6.45, 7) is 3.69. The molecule has 5 heteroatoms. The fourth-order valence-electron chi connectivity index (χ4n) is 1.80. The number of esters is 1. The van der Waals surface area contributed by atoms with Crippen LogP contribution in [0, 0.1) is 13.8 Å². The van der Waals surface area contributed by atoms with E-state index in [-0.39, 0.29) is 17.9 Å². The lowest BCUT2D eigenvalue weighted by Crippen LogP contribution is -2.18. The highest BCUT2D eigenvalue weighted by Gasteiger charge is 2.09. The van der Waals surface area contributed by atoms with Crippen molar-refractivity contribution in [1.82, 2.24) is 0 Å². The van der Waals surface area contributed by atoms with E-state index >= 15 is 0 Å². The van der Waals surface area contributed by atoms with E-state index in [9.17, 15) is 9.59 Å². The zero-order valence-corrected chi connectivity index (χ0v) is 12.3. The van der Waals surface area contributed by atoms with Crippen molar-refractivity contribution < 1.29 is 24.2 Å². The second-order valence-electron chi connectivity index (χ2n) is 4.84. The number of hydrogen-bond acceptors (Lipinski definition) is 4. The molecule has 0 fully saturated rings. The van der Waals surface area contributed by atoms with Gasteiger partial charge in [-0.15, -0.1) is 0 Å². The van der Waals surface area contributed by atoms with Gasteiger partial charge in [-0.25, -0.2) is 9.59 Å². The zero-order valence-electron chi connectivity index (χ0n) is 12.3. The summed E-state index contributed by atoms with van der Waals surface area (Å²) in [7, 11) is 0. The standard InChI is InChI=1S/C17H16O5/c1-11-6-7-14(8-12(11)2)21-10-16(18)22-15-5-3-4-13(9-15)17(19)20/h3-9H,10H2,1-2H3,(H,19,20). The smallest absolute Gasteiger partial charge is 0.349 e. The molecule has 0 atom stereocenters. The van der Waals surface area contributed by atoms with Crippen LogP contribution in [0.3, 0.4) is 0 Å². The first-order valence-electron chi connectivity index (χ1n) is 6.70. The van der Waals surface area contributed by atoms with Crippen LogP contribution in [0.1, 0.15) is 21.5 Å². The third-order valence-electron chi connectivity index (χ3n) is 3.15. The minimum absolute atomic E-state index is 0.0559. The van der Waals surface area contributed by atoms with Crippen molar-refractivity contribution in [1.29, 1.82) is 0 Å². The molecule has 0 aromatic heterocycles. The number of carbonyl (C=O) groups excluding carboxylic acids is 1. The van der Waals surface area contributed by atoms with Crippen LogP contribution in [0.15, 0.2) is 42.5 Å². The van der Waals surface area contributed by atoms with Crippen LogP contribution in [-0.2, 0) is 4.79 Å². The Hall–Kier alpha value is -2.82. The number of aromatic carboxylic acids is 1. The number of ether oxygens (including phenoxy) is 2. The molecule has 1 N–H and O–H groups in total. The van der Waals surface area contributed by atoms with Crippen LogP contribution >= 0.6 is 0 Å². The van der Waals surface area contributed by atoms with Crippen molar-refractivity contribution in [2.75, 3.05) is 6.61 Å². The first kappa shape index (κ1) is 15.6. The van der Waals surface area contributed by atoms with Crippen LogP contribution < -0.4 is 9.47 Å². The van der Waals surface area contributed by atoms with Crippen LogP contribution in [0.25, 0.3) is 0 Å². The second kappa shape index (κ2) is 6.76. The molecular weight excluding hydrogens is 284 g/mol. The zero-order chi connectivity index (χ0) is 16.1. The van der Waals surface area contributed by atoms with Gasteiger partial charge in [0.2, 0.25) is 0 Å². The molecule has 0 spiro atoms. The molecule has 2 aromatic rings. The van der Waals surface area contributed by atoms with Gasteiger partial charge in [0.25, 0.3) is 0 Å². The lowest BCUT2D eigenvalue weighted by molar-refractivity contribution is -0.136. The van der Waals surface area contributed by atoms with Gasteiger partial charge in [-0.1, -0.05) is 12.1 Å². The number of carbonyl (C=O) groups is 2. The summed E-state index contributed by atoms with van der Waals surface area (Å²) in [6.07, 6.45) is 0. The molecule has 0 saturated heterocycles. The molecule has 0 amide bonds. The van der Waals surface area contributed by atoms with Gasteiger partial charge in [0.15, 0.2) is 6.61 Å². The van der Waals surface area contributed by atoms with Crippen LogP contribution in [0.4, 0.5) is 0 Å². The van der Waals surface area contributed by atoms with Gasteiger partial charge in [-0.3, -0.25) is 0 Å². The average Bonchev–Trinajstić information content (AvgIpc) is 2.49. The Balaban J connectivity index is 1.94. The van der Waals surface area contributed by atoms with E-state index in [4.69, 9.17) is 14.6 Å². The van der Waals surface area contributed by atoms with E-state index < -0.39 is 11.9 Å². The summed E-state index contributed by atoms with van der Waals surface area (Å²) in [4.78, 5) is 22.6. The molecule has 2 aromatic carbocycles. The maximum Gasteiger partial charge on any atom is 0.349 e. The molecule has 22 heavy (non-hydrogen) atoms. The Kier molecular flexibility index (Phi) is 4.78. The molecule has 0 unspecified atom stereocenters. The van der Waals surface area contributed by atoms with Crippen molar-refractivity contribution in [3.05, 3.63) is 59.2 Å². The molecule has 0 heterocycles. The Labute approximate surface area is 128 Å². The molecule has 114 valence electrons. The van der Waals surface area contributed by atoms with Crippen molar-refractivity contribution in [2.24, 2.45) is 0 Å². The fraction of sp³-hybridized carbons (Fsp3) is 0.176. The first-order chi connectivity index (χ1) is 10.5. The van der Waals surface area contributed by atoms with Crippen LogP contribution in [0.2, 0.25) is 0 Å². The van der Waals surface area contributed by atoms with E-state index in [1.54, 1.807) is 6.07 Å². The summed E-state index contributed by atoms with van der Waals surface area (Å²) in [5.41, 5.74) is 2.26. The van der Waals surface area contributed by atoms with Crippen molar-refractivity contribution in [3.8, 4) is 11.5 Å². The monoisotopic (exact) mass is 300 g/mol. The predicted molar refractivity (Wildman–Crippen MR) is 80.4 cm³/mol. The highest BCUT2D eigenvalue weighted by Crippen LogP contribution is 2.17. The van der Waals surface area contributed by atoms with E-state index in [2.05, 4.69) is 0 Å². The number of carboxylic acids is 1. The molecule has 0 saturated carbocycles. The molecule has 0 aliphatic carbocycles. The van der Waals surface area contributed by atoms with E-state index in [0.717, 1.165) is 11.1 Å². The van der Waals surface area contributed by atoms with E-state index in [1.807, 2.05) is 26.0 Å². The predicted octanol–water partition coefficient (Wildman–Crippen LogP) is 2.99. The lowest BCUT2D eigenvalue weighted by atomic mass is 10.1. The lowest BCUT2D eigenvalue weighted by Gasteiger charge is -2.08. The number of rotatable bonds is 5. The Morgan fingerprint density at radius 1 is 1.00 bits per heavy atom. The van der Waals surface area contributed by atoms with Gasteiger partial charge in [0.1, 0.15) is 11.5 Å². The number of carboxylic acid groups (broad SMARTS) is 1. The Bertz CT molecular complexity index is 706. The summed E-state index contributed by atoms with van der Waals surface area (Å²) in [5, 5.41) is 8.88. The number of benzene rings is 2. The van der Waals surface area contributed by atoms with Crippen molar-refractivity contribution in [3.63, 3.8) is 0 Å². The molecule has 0 radical (unpaired) electrons. The minimum Gasteiger partial charge on any atom is -0.482 e. The van der Waals surface area contributed by atoms with Gasteiger partial charge in [-0.05, 0) is 55.3 Å². The summed E-state index contributed by atoms with van der Waals surface area (Å²) in [6, 6.07) is 11.3. The summed E-state index contributed by atoms with van der Waals surface area (Å²) in [5.74, 6) is -0.919. The molecule has 0 bridgehead atoms. The van der Waals surface area contributed by atoms with Gasteiger partial charge in [-0.2, -0.15) is 0 Å². The fourth-order valence-corrected chi connectivity index (χ4v) is 1.80. The van der Waals surface area contributed by atoms with E-state index in [1.165, 1.54) is 24.3 Å². The normalized spacial score (nSPS) is 10.1. The highest BCUT2D eigenvalue weighted by molar-refractivity contribution is 5.88. The molecule has 0 aliphatic heterocycles. The van der Waals surface area contributed by atoms with Crippen LogP contribution in [-0.4, -0.2) is 23.7 Å². The highest BCUT2D eigenvalue weighted by atomic mass is 16.6. The summed E-state index contributed by atoms with van der Waals surface area (Å²) < 4.78 is 10.4. The third-order valence-corrected chi connectivity index (χ3v) is 3.15. The quantitative estimate of drug-likeness (QED) is 0.679. The Morgan fingerprint density at radius 3 is 2.45 bits per heavy atom. The second-order valence-corrected chi connectivity index (χ2v) is 4.84. The Morgan fingerprint density at radius 2 is 1.77 bits per heavy atom. The van der Waals surface area contributed by atoms with Crippen LogP contribution in [0.5, 0.6) is 11.5 Å². The molecule has 2 rings (SSSR count). The minimum atomic E-state index is -1.08. The first-order valence-corrected chi connectivity index (χ1v) is 6.70. The maximum atomic E-state index is 11.7. The van der Waals surface area contributed by atoms with Gasteiger partial charge < -0.3 is 14.6 Å². The van der Waals surface area contributed by atoms with Gasteiger partial charge >= 0.3 is 11.9 Å². The van der Waals surface area contributed by atoms with E-state index in [0.29, 0.717) is 5.75 Å². The number of aryl methyl sites for hydroxylation is 2. The molecule has 0 aliphatic rings. The topological polar surface area (TPSA) is 72.8 Å². The third kappa shape index (κ3) is 4.09. The largest absolute Gasteiger partial charge is 0.482 e. The van der Waals surface area contributed by atoms with Gasteiger partial charge in [0, 0.05) is 0 Å². The summed E-state index contributed by atoms with van der Waals surface area (Å²) >= 11 is 0. The SMILES string of the molecule is Cc1ccc(OCC(=O)Oc2cccc(C(=O)O)c2)cc1C. The molecule has 5 nitrogen and oxygen atoms in total.